The van der Waals surface area contributed by atoms with Gasteiger partial charge >= 0.3 is 0 Å². The molecule has 1 aromatic heterocycles. The van der Waals surface area contributed by atoms with Gasteiger partial charge in [0.25, 0.3) is 0 Å². The number of piperidine rings is 1. The predicted octanol–water partition coefficient (Wildman–Crippen LogP) is 6.35. The van der Waals surface area contributed by atoms with Gasteiger partial charge in [-0.1, -0.05) is 42.3 Å². The van der Waals surface area contributed by atoms with Crippen LogP contribution in [0.3, 0.4) is 0 Å². The number of halogens is 1. The summed E-state index contributed by atoms with van der Waals surface area (Å²) in [5.41, 5.74) is 4.07. The molecule has 0 aliphatic carbocycles. The van der Waals surface area contributed by atoms with Crippen LogP contribution in [0.2, 0.25) is 5.02 Å². The summed E-state index contributed by atoms with van der Waals surface area (Å²) in [4.78, 5) is 14.4. The third kappa shape index (κ3) is 4.69. The van der Waals surface area contributed by atoms with Crippen LogP contribution in [0.15, 0.2) is 53.4 Å². The van der Waals surface area contributed by atoms with Crippen molar-refractivity contribution >= 4 is 38.7 Å². The molecule has 1 aliphatic heterocycles. The molecule has 0 N–H and O–H groups in total. The monoisotopic (exact) mass is 487 g/mol. The average Bonchev–Trinajstić information content (AvgIpc) is 3.10. The minimum absolute atomic E-state index is 0.0967. The summed E-state index contributed by atoms with van der Waals surface area (Å²) >= 11 is 7.66. The maximum atomic E-state index is 13.0. The molecule has 32 heavy (non-hydrogen) atoms. The topological polar surface area (TPSA) is 54.5 Å². The Hall–Kier alpha value is -1.99. The number of hydrogen-bond acceptors (Lipinski definition) is 4. The van der Waals surface area contributed by atoms with Gasteiger partial charge in [-0.3, -0.25) is 4.79 Å². The lowest BCUT2D eigenvalue weighted by Crippen LogP contribution is -2.35. The molecular weight excluding hydrogens is 462 g/mol. The van der Waals surface area contributed by atoms with E-state index in [1.54, 1.807) is 34.7 Å². The molecule has 1 fully saturated rings. The Kier molecular flexibility index (Phi) is 6.86. The van der Waals surface area contributed by atoms with Crippen LogP contribution in [0.4, 0.5) is 0 Å². The standard InChI is InChI=1S/C25H26ClNO3S2/c1-17(28)16-23-24(18(2)25(31-23)20-6-10-21(26)11-7-20)19-8-12-22(13-9-19)32(29,30)27-14-4-3-5-15-27/h6-13H,3-5,14-16H2,1-2H3. The van der Waals surface area contributed by atoms with Gasteiger partial charge in [0.15, 0.2) is 0 Å². The second kappa shape index (κ2) is 9.48. The van der Waals surface area contributed by atoms with Crippen LogP contribution in [-0.4, -0.2) is 31.6 Å². The van der Waals surface area contributed by atoms with Gasteiger partial charge in [0.2, 0.25) is 10.0 Å². The molecule has 1 aliphatic rings. The molecular formula is C25H26ClNO3S2. The van der Waals surface area contributed by atoms with E-state index in [1.165, 1.54) is 0 Å². The summed E-state index contributed by atoms with van der Waals surface area (Å²) in [6.45, 7) is 4.81. The first kappa shape index (κ1) is 23.2. The van der Waals surface area contributed by atoms with Gasteiger partial charge < -0.3 is 0 Å². The molecule has 2 aromatic carbocycles. The molecule has 0 unspecified atom stereocenters. The van der Waals surface area contributed by atoms with Crippen molar-refractivity contribution in [1.29, 1.82) is 0 Å². The van der Waals surface area contributed by atoms with Crippen molar-refractivity contribution in [1.82, 2.24) is 4.31 Å². The number of rotatable bonds is 6. The van der Waals surface area contributed by atoms with Crippen molar-refractivity contribution in [3.05, 3.63) is 64.0 Å². The smallest absolute Gasteiger partial charge is 0.243 e. The largest absolute Gasteiger partial charge is 0.300 e. The fourth-order valence-corrected chi connectivity index (χ4v) is 7.27. The first-order valence-corrected chi connectivity index (χ1v) is 13.4. The Morgan fingerprint density at radius 1 is 0.969 bits per heavy atom. The number of benzene rings is 2. The van der Waals surface area contributed by atoms with Gasteiger partial charge in [-0.25, -0.2) is 8.42 Å². The fraction of sp³-hybridized carbons (Fsp3) is 0.320. The summed E-state index contributed by atoms with van der Waals surface area (Å²) in [6.07, 6.45) is 3.25. The number of hydrogen-bond donors (Lipinski definition) is 0. The van der Waals surface area contributed by atoms with Gasteiger partial charge in [-0.05, 0) is 73.2 Å². The van der Waals surface area contributed by atoms with Gasteiger partial charge in [-0.15, -0.1) is 11.3 Å². The lowest BCUT2D eigenvalue weighted by molar-refractivity contribution is -0.116. The number of carbonyl (C=O) groups is 1. The number of Topliss-reactive ketones (excluding diaryl/α,β-unsaturated/α-hetero) is 1. The molecule has 0 saturated carbocycles. The molecule has 0 bridgehead atoms. The molecule has 1 saturated heterocycles. The van der Waals surface area contributed by atoms with E-state index in [-0.39, 0.29) is 5.78 Å². The average molecular weight is 488 g/mol. The van der Waals surface area contributed by atoms with Crippen LogP contribution in [0.5, 0.6) is 0 Å². The Morgan fingerprint density at radius 3 is 2.16 bits per heavy atom. The number of sulfonamides is 1. The van der Waals surface area contributed by atoms with E-state index in [2.05, 4.69) is 6.92 Å². The molecule has 7 heteroatoms. The van der Waals surface area contributed by atoms with Crippen LogP contribution in [-0.2, 0) is 21.2 Å². The molecule has 4 rings (SSSR count). The summed E-state index contributed by atoms with van der Waals surface area (Å²) in [6, 6.07) is 14.8. The molecule has 0 spiro atoms. The molecule has 0 atom stereocenters. The maximum Gasteiger partial charge on any atom is 0.243 e. The normalized spacial score (nSPS) is 15.1. The fourth-order valence-electron chi connectivity index (χ4n) is 4.23. The second-order valence-corrected chi connectivity index (χ2v) is 11.7. The van der Waals surface area contributed by atoms with E-state index in [9.17, 15) is 13.2 Å². The minimum Gasteiger partial charge on any atom is -0.300 e. The lowest BCUT2D eigenvalue weighted by atomic mass is 9.97. The summed E-state index contributed by atoms with van der Waals surface area (Å²) in [5, 5.41) is 0.678. The van der Waals surface area contributed by atoms with E-state index in [0.717, 1.165) is 51.3 Å². The Labute approximate surface area is 198 Å². The van der Waals surface area contributed by atoms with Crippen molar-refractivity contribution in [3.8, 4) is 21.6 Å². The molecule has 4 nitrogen and oxygen atoms in total. The zero-order valence-electron chi connectivity index (χ0n) is 18.2. The Balaban J connectivity index is 1.73. The summed E-state index contributed by atoms with van der Waals surface area (Å²) in [5.74, 6) is 0.0967. The number of ketones is 1. The molecule has 0 amide bonds. The van der Waals surface area contributed by atoms with Crippen molar-refractivity contribution in [3.63, 3.8) is 0 Å². The molecule has 2 heterocycles. The van der Waals surface area contributed by atoms with Crippen molar-refractivity contribution in [2.24, 2.45) is 0 Å². The van der Waals surface area contributed by atoms with E-state index in [4.69, 9.17) is 11.6 Å². The van der Waals surface area contributed by atoms with Crippen molar-refractivity contribution < 1.29 is 13.2 Å². The third-order valence-corrected chi connectivity index (χ3v) is 9.34. The van der Waals surface area contributed by atoms with Crippen LogP contribution < -0.4 is 0 Å². The minimum atomic E-state index is -3.47. The van der Waals surface area contributed by atoms with E-state index < -0.39 is 10.0 Å². The van der Waals surface area contributed by atoms with Gasteiger partial charge in [0, 0.05) is 34.3 Å². The van der Waals surface area contributed by atoms with Crippen LogP contribution in [0, 0.1) is 6.92 Å². The zero-order valence-corrected chi connectivity index (χ0v) is 20.6. The highest BCUT2D eigenvalue weighted by atomic mass is 35.5. The highest BCUT2D eigenvalue weighted by Gasteiger charge is 2.26. The van der Waals surface area contributed by atoms with Crippen molar-refractivity contribution in [2.75, 3.05) is 13.1 Å². The quantitative estimate of drug-likeness (QED) is 0.407. The molecule has 0 radical (unpaired) electrons. The van der Waals surface area contributed by atoms with Crippen LogP contribution >= 0.6 is 22.9 Å². The summed E-state index contributed by atoms with van der Waals surface area (Å²) < 4.78 is 27.6. The maximum absolute atomic E-state index is 13.0. The van der Waals surface area contributed by atoms with Gasteiger partial charge in [0.1, 0.15) is 5.78 Å². The second-order valence-electron chi connectivity index (χ2n) is 8.23. The highest BCUT2D eigenvalue weighted by Crippen LogP contribution is 2.42. The van der Waals surface area contributed by atoms with Crippen molar-refractivity contribution in [2.45, 2.75) is 44.4 Å². The van der Waals surface area contributed by atoms with Crippen LogP contribution in [0.25, 0.3) is 21.6 Å². The Morgan fingerprint density at radius 2 is 1.56 bits per heavy atom. The highest BCUT2D eigenvalue weighted by molar-refractivity contribution is 7.89. The SMILES string of the molecule is CC(=O)Cc1sc(-c2ccc(Cl)cc2)c(C)c1-c1ccc(S(=O)(=O)N2CCCCC2)cc1. The lowest BCUT2D eigenvalue weighted by Gasteiger charge is -2.25. The first-order valence-electron chi connectivity index (χ1n) is 10.8. The first-order chi connectivity index (χ1) is 15.3. The third-order valence-electron chi connectivity index (χ3n) is 5.83. The van der Waals surface area contributed by atoms with E-state index in [1.807, 2.05) is 36.4 Å². The molecule has 168 valence electrons. The zero-order chi connectivity index (χ0) is 22.9. The van der Waals surface area contributed by atoms with E-state index >= 15 is 0 Å². The van der Waals surface area contributed by atoms with Gasteiger partial charge in [0.05, 0.1) is 4.90 Å². The summed E-state index contributed by atoms with van der Waals surface area (Å²) in [7, 11) is -3.47. The predicted molar refractivity (Wildman–Crippen MR) is 132 cm³/mol. The van der Waals surface area contributed by atoms with Crippen LogP contribution in [0.1, 0.15) is 36.6 Å². The number of carbonyl (C=O) groups excluding carboxylic acids is 1. The van der Waals surface area contributed by atoms with E-state index in [0.29, 0.717) is 29.4 Å². The number of thiophene rings is 1. The number of nitrogens with zero attached hydrogens (tertiary/aromatic N) is 1. The van der Waals surface area contributed by atoms with Gasteiger partial charge in [-0.2, -0.15) is 4.31 Å². The Bertz CT molecular complexity index is 1220. The molecule has 3 aromatic rings.